The topological polar surface area (TPSA) is 60.7 Å². The molecule has 2 aromatic carbocycles. The normalized spacial score (nSPS) is 10.6. The number of benzene rings is 2. The highest BCUT2D eigenvalue weighted by molar-refractivity contribution is 9.10. The lowest BCUT2D eigenvalue weighted by Crippen LogP contribution is -2.18. The highest BCUT2D eigenvalue weighted by Gasteiger charge is 2.14. The lowest BCUT2D eigenvalue weighted by Gasteiger charge is -2.11. The van der Waals surface area contributed by atoms with Crippen LogP contribution in [0.25, 0.3) is 11.3 Å². The predicted molar refractivity (Wildman–Crippen MR) is 108 cm³/mol. The molecule has 0 saturated heterocycles. The van der Waals surface area contributed by atoms with Crippen molar-refractivity contribution in [2.75, 3.05) is 14.2 Å². The van der Waals surface area contributed by atoms with Gasteiger partial charge >= 0.3 is 5.63 Å². The van der Waals surface area contributed by atoms with Crippen molar-refractivity contribution in [1.29, 1.82) is 0 Å². The SMILES string of the molecule is COc1cc(Br)c(-c2ccc(CNCc3ccccc3)c(=O)o2)cc1OC. The van der Waals surface area contributed by atoms with Crippen LogP contribution < -0.4 is 20.4 Å². The van der Waals surface area contributed by atoms with E-state index < -0.39 is 0 Å². The first kappa shape index (κ1) is 19.2. The van der Waals surface area contributed by atoms with Crippen LogP contribution in [-0.4, -0.2) is 14.2 Å². The highest BCUT2D eigenvalue weighted by atomic mass is 79.9. The average molecular weight is 430 g/mol. The molecule has 0 aliphatic carbocycles. The van der Waals surface area contributed by atoms with Gasteiger partial charge in [-0.2, -0.15) is 0 Å². The van der Waals surface area contributed by atoms with E-state index in [2.05, 4.69) is 21.2 Å². The Morgan fingerprint density at radius 3 is 2.33 bits per heavy atom. The van der Waals surface area contributed by atoms with E-state index in [1.807, 2.05) is 30.3 Å². The van der Waals surface area contributed by atoms with Gasteiger partial charge in [-0.1, -0.05) is 30.3 Å². The summed E-state index contributed by atoms with van der Waals surface area (Å²) in [5.74, 6) is 1.61. The van der Waals surface area contributed by atoms with E-state index in [9.17, 15) is 4.79 Å². The molecule has 1 heterocycles. The molecule has 0 aliphatic heterocycles. The molecule has 6 heteroatoms. The Bertz CT molecular complexity index is 970. The van der Waals surface area contributed by atoms with Crippen LogP contribution in [0.15, 0.2) is 68.3 Å². The van der Waals surface area contributed by atoms with Crippen LogP contribution in [0.1, 0.15) is 11.1 Å². The molecule has 0 bridgehead atoms. The fraction of sp³-hybridized carbons (Fsp3) is 0.190. The van der Waals surface area contributed by atoms with E-state index in [4.69, 9.17) is 13.9 Å². The van der Waals surface area contributed by atoms with Crippen LogP contribution in [0.2, 0.25) is 0 Å². The standard InChI is InChI=1S/C21H20BrNO4/c1-25-19-10-16(17(22)11-20(19)26-2)18-9-8-15(21(24)27-18)13-23-12-14-6-4-3-5-7-14/h3-11,23H,12-13H2,1-2H3. The monoisotopic (exact) mass is 429 g/mol. The fourth-order valence-corrected chi connectivity index (χ4v) is 3.22. The summed E-state index contributed by atoms with van der Waals surface area (Å²) >= 11 is 3.49. The second-order valence-electron chi connectivity index (χ2n) is 5.89. The third-order valence-corrected chi connectivity index (χ3v) is 4.78. The van der Waals surface area contributed by atoms with Crippen LogP contribution in [0.5, 0.6) is 11.5 Å². The lowest BCUT2D eigenvalue weighted by atomic mass is 10.1. The maximum atomic E-state index is 12.4. The molecular formula is C21H20BrNO4. The second-order valence-corrected chi connectivity index (χ2v) is 6.74. The molecule has 1 N–H and O–H groups in total. The molecule has 0 atom stereocenters. The van der Waals surface area contributed by atoms with Crippen molar-refractivity contribution in [1.82, 2.24) is 5.32 Å². The van der Waals surface area contributed by atoms with Gasteiger partial charge in [0, 0.05) is 23.1 Å². The Balaban J connectivity index is 1.78. The largest absolute Gasteiger partial charge is 0.493 e. The van der Waals surface area contributed by atoms with Gasteiger partial charge in [0.25, 0.3) is 0 Å². The second kappa shape index (κ2) is 8.88. The number of hydrogen-bond donors (Lipinski definition) is 1. The summed E-state index contributed by atoms with van der Waals surface area (Å²) < 4.78 is 16.9. The quantitative estimate of drug-likeness (QED) is 0.603. The summed E-state index contributed by atoms with van der Waals surface area (Å²) in [7, 11) is 3.13. The van der Waals surface area contributed by atoms with Crippen LogP contribution in [0.3, 0.4) is 0 Å². The summed E-state index contributed by atoms with van der Waals surface area (Å²) in [5.41, 5.74) is 2.09. The zero-order valence-corrected chi connectivity index (χ0v) is 16.7. The molecule has 0 fully saturated rings. The zero-order chi connectivity index (χ0) is 19.2. The van der Waals surface area contributed by atoms with Gasteiger partial charge in [0.1, 0.15) is 5.76 Å². The minimum Gasteiger partial charge on any atom is -0.493 e. The Hall–Kier alpha value is -2.57. The summed E-state index contributed by atoms with van der Waals surface area (Å²) in [6.07, 6.45) is 0. The van der Waals surface area contributed by atoms with Crippen molar-refractivity contribution in [3.8, 4) is 22.8 Å². The summed E-state index contributed by atoms with van der Waals surface area (Å²) in [6, 6.07) is 17.1. The van der Waals surface area contributed by atoms with Crippen LogP contribution >= 0.6 is 15.9 Å². The van der Waals surface area contributed by atoms with Gasteiger partial charge in [0.2, 0.25) is 0 Å². The predicted octanol–water partition coefficient (Wildman–Crippen LogP) is 4.38. The number of nitrogens with one attached hydrogen (secondary N) is 1. The van der Waals surface area contributed by atoms with E-state index in [0.29, 0.717) is 41.5 Å². The zero-order valence-electron chi connectivity index (χ0n) is 15.1. The molecule has 0 saturated carbocycles. The maximum Gasteiger partial charge on any atom is 0.340 e. The van der Waals surface area contributed by atoms with Crippen molar-refractivity contribution < 1.29 is 13.9 Å². The first-order valence-electron chi connectivity index (χ1n) is 8.42. The third kappa shape index (κ3) is 4.59. The Morgan fingerprint density at radius 2 is 1.67 bits per heavy atom. The van der Waals surface area contributed by atoms with Gasteiger partial charge in [-0.05, 0) is 45.8 Å². The molecule has 140 valence electrons. The van der Waals surface area contributed by atoms with E-state index in [1.54, 1.807) is 38.5 Å². The molecule has 0 spiro atoms. The molecule has 0 amide bonds. The summed E-state index contributed by atoms with van der Waals surface area (Å²) in [5, 5.41) is 3.26. The van der Waals surface area contributed by atoms with Gasteiger partial charge in [0.05, 0.1) is 19.8 Å². The molecule has 1 aromatic heterocycles. The fourth-order valence-electron chi connectivity index (χ4n) is 2.70. The lowest BCUT2D eigenvalue weighted by molar-refractivity contribution is 0.354. The average Bonchev–Trinajstić information content (AvgIpc) is 2.69. The van der Waals surface area contributed by atoms with Crippen molar-refractivity contribution in [3.05, 3.63) is 80.6 Å². The third-order valence-electron chi connectivity index (χ3n) is 4.13. The molecule has 27 heavy (non-hydrogen) atoms. The Kier molecular flexibility index (Phi) is 6.32. The highest BCUT2D eigenvalue weighted by Crippen LogP contribution is 2.38. The van der Waals surface area contributed by atoms with Crippen molar-refractivity contribution in [3.63, 3.8) is 0 Å². The van der Waals surface area contributed by atoms with Crippen molar-refractivity contribution in [2.24, 2.45) is 0 Å². The Morgan fingerprint density at radius 1 is 0.963 bits per heavy atom. The van der Waals surface area contributed by atoms with Crippen LogP contribution in [-0.2, 0) is 13.1 Å². The number of hydrogen-bond acceptors (Lipinski definition) is 5. The maximum absolute atomic E-state index is 12.4. The van der Waals surface area contributed by atoms with Gasteiger partial charge < -0.3 is 19.2 Å². The van der Waals surface area contributed by atoms with Gasteiger partial charge in [-0.15, -0.1) is 0 Å². The molecule has 3 rings (SSSR count). The smallest absolute Gasteiger partial charge is 0.340 e. The molecule has 5 nitrogen and oxygen atoms in total. The van der Waals surface area contributed by atoms with E-state index in [1.165, 1.54) is 0 Å². The van der Waals surface area contributed by atoms with Crippen molar-refractivity contribution in [2.45, 2.75) is 13.1 Å². The first-order valence-corrected chi connectivity index (χ1v) is 9.21. The molecule has 0 aliphatic rings. The van der Waals surface area contributed by atoms with Gasteiger partial charge in [-0.3, -0.25) is 0 Å². The molecule has 0 radical (unpaired) electrons. The van der Waals surface area contributed by atoms with Crippen LogP contribution in [0, 0.1) is 0 Å². The van der Waals surface area contributed by atoms with Crippen LogP contribution in [0.4, 0.5) is 0 Å². The number of rotatable bonds is 7. The first-order chi connectivity index (χ1) is 13.1. The Labute approximate surface area is 166 Å². The molecular weight excluding hydrogens is 410 g/mol. The van der Waals surface area contributed by atoms with Gasteiger partial charge in [-0.25, -0.2) is 4.79 Å². The molecule has 0 unspecified atom stereocenters. The van der Waals surface area contributed by atoms with Crippen molar-refractivity contribution >= 4 is 15.9 Å². The van der Waals surface area contributed by atoms with E-state index in [-0.39, 0.29) is 5.63 Å². The summed E-state index contributed by atoms with van der Waals surface area (Å²) in [4.78, 5) is 12.4. The van der Waals surface area contributed by atoms with Gasteiger partial charge in [0.15, 0.2) is 11.5 Å². The van der Waals surface area contributed by atoms with E-state index >= 15 is 0 Å². The molecule has 3 aromatic rings. The minimum absolute atomic E-state index is 0.366. The summed E-state index contributed by atoms with van der Waals surface area (Å²) in [6.45, 7) is 1.12. The minimum atomic E-state index is -0.366. The number of ether oxygens (including phenoxy) is 2. The number of methoxy groups -OCH3 is 2. The number of halogens is 1. The van der Waals surface area contributed by atoms with E-state index in [0.717, 1.165) is 10.0 Å².